The topological polar surface area (TPSA) is 90.7 Å². The SMILES string of the molecule is CCc1noc2cc(OC)c(NS(=O)(=O)c3cc(Br)ccc3OC)cc12. The maximum Gasteiger partial charge on any atom is 0.265 e. The Labute approximate surface area is 159 Å². The lowest BCUT2D eigenvalue weighted by Crippen LogP contribution is -2.14. The largest absolute Gasteiger partial charge is 0.495 e. The lowest BCUT2D eigenvalue weighted by Gasteiger charge is -2.14. The second kappa shape index (κ2) is 7.16. The van der Waals surface area contributed by atoms with Crippen molar-refractivity contribution in [2.75, 3.05) is 18.9 Å². The average molecular weight is 441 g/mol. The lowest BCUT2D eigenvalue weighted by atomic mass is 10.1. The van der Waals surface area contributed by atoms with E-state index in [9.17, 15) is 8.42 Å². The molecule has 26 heavy (non-hydrogen) atoms. The molecule has 0 aliphatic rings. The van der Waals surface area contributed by atoms with E-state index in [-0.39, 0.29) is 10.6 Å². The van der Waals surface area contributed by atoms with Gasteiger partial charge in [-0.25, -0.2) is 8.42 Å². The molecule has 138 valence electrons. The van der Waals surface area contributed by atoms with Gasteiger partial charge in [0.2, 0.25) is 0 Å². The molecule has 7 nitrogen and oxygen atoms in total. The van der Waals surface area contributed by atoms with E-state index in [1.54, 1.807) is 24.3 Å². The Balaban J connectivity index is 2.11. The third-order valence-electron chi connectivity index (χ3n) is 3.86. The van der Waals surface area contributed by atoms with Crippen molar-refractivity contribution in [2.24, 2.45) is 0 Å². The summed E-state index contributed by atoms with van der Waals surface area (Å²) in [6, 6.07) is 8.02. The zero-order valence-electron chi connectivity index (χ0n) is 14.4. The maximum atomic E-state index is 12.9. The van der Waals surface area contributed by atoms with Gasteiger partial charge < -0.3 is 14.0 Å². The van der Waals surface area contributed by atoms with E-state index in [1.807, 2.05) is 6.92 Å². The Morgan fingerprint density at radius 3 is 2.54 bits per heavy atom. The van der Waals surface area contributed by atoms with Crippen molar-refractivity contribution < 1.29 is 22.4 Å². The summed E-state index contributed by atoms with van der Waals surface area (Å²) < 4.78 is 44.8. The third kappa shape index (κ3) is 3.36. The molecule has 3 rings (SSSR count). The molecule has 0 aliphatic heterocycles. The molecule has 0 atom stereocenters. The van der Waals surface area contributed by atoms with Crippen LogP contribution >= 0.6 is 15.9 Å². The van der Waals surface area contributed by atoms with Gasteiger partial charge in [-0.15, -0.1) is 0 Å². The molecule has 1 aromatic heterocycles. The normalized spacial score (nSPS) is 11.5. The summed E-state index contributed by atoms with van der Waals surface area (Å²) in [6.45, 7) is 1.94. The van der Waals surface area contributed by atoms with E-state index in [4.69, 9.17) is 14.0 Å². The number of halogens is 1. The minimum atomic E-state index is -3.92. The summed E-state index contributed by atoms with van der Waals surface area (Å²) in [5.41, 5.74) is 1.56. The van der Waals surface area contributed by atoms with E-state index >= 15 is 0 Å². The van der Waals surface area contributed by atoms with Gasteiger partial charge in [0, 0.05) is 15.9 Å². The Bertz CT molecular complexity index is 1060. The fourth-order valence-corrected chi connectivity index (χ4v) is 4.35. The summed E-state index contributed by atoms with van der Waals surface area (Å²) in [7, 11) is -1.05. The van der Waals surface area contributed by atoms with Crippen molar-refractivity contribution in [1.82, 2.24) is 5.16 Å². The minimum absolute atomic E-state index is 0.0116. The first-order valence-corrected chi connectivity index (χ1v) is 10.00. The Morgan fingerprint density at radius 2 is 1.88 bits per heavy atom. The second-order valence-electron chi connectivity index (χ2n) is 5.43. The molecule has 2 aromatic carbocycles. The maximum absolute atomic E-state index is 12.9. The average Bonchev–Trinajstić information content (AvgIpc) is 3.02. The number of aryl methyl sites for hydroxylation is 1. The molecule has 0 unspecified atom stereocenters. The Kier molecular flexibility index (Phi) is 5.10. The first-order valence-electron chi connectivity index (χ1n) is 7.72. The predicted octanol–water partition coefficient (Wildman–Crippen LogP) is 3.97. The molecule has 0 amide bonds. The second-order valence-corrected chi connectivity index (χ2v) is 8.00. The minimum Gasteiger partial charge on any atom is -0.495 e. The van der Waals surface area contributed by atoms with Gasteiger partial charge >= 0.3 is 0 Å². The Morgan fingerprint density at radius 1 is 1.15 bits per heavy atom. The highest BCUT2D eigenvalue weighted by Crippen LogP contribution is 2.35. The summed E-state index contributed by atoms with van der Waals surface area (Å²) in [5.74, 6) is 0.564. The summed E-state index contributed by atoms with van der Waals surface area (Å²) in [4.78, 5) is 0.0116. The number of methoxy groups -OCH3 is 2. The quantitative estimate of drug-likeness (QED) is 0.623. The fourth-order valence-electron chi connectivity index (χ4n) is 2.58. The molecule has 0 fully saturated rings. The van der Waals surface area contributed by atoms with Gasteiger partial charge in [0.25, 0.3) is 10.0 Å². The number of nitrogens with one attached hydrogen (secondary N) is 1. The van der Waals surface area contributed by atoms with Crippen molar-refractivity contribution in [3.05, 3.63) is 40.5 Å². The number of rotatable bonds is 6. The first kappa shape index (κ1) is 18.5. The monoisotopic (exact) mass is 440 g/mol. The van der Waals surface area contributed by atoms with Crippen molar-refractivity contribution >= 4 is 42.6 Å². The van der Waals surface area contributed by atoms with E-state index in [0.717, 1.165) is 11.1 Å². The van der Waals surface area contributed by atoms with Crippen LogP contribution in [0.15, 0.2) is 44.2 Å². The van der Waals surface area contributed by atoms with Gasteiger partial charge in [-0.1, -0.05) is 28.0 Å². The van der Waals surface area contributed by atoms with Crippen LogP contribution in [0.25, 0.3) is 11.0 Å². The van der Waals surface area contributed by atoms with Crippen LogP contribution in [0.1, 0.15) is 12.6 Å². The van der Waals surface area contributed by atoms with Crippen LogP contribution in [0.3, 0.4) is 0 Å². The Hall–Kier alpha value is -2.26. The summed E-state index contributed by atoms with van der Waals surface area (Å²) >= 11 is 3.28. The molecule has 1 heterocycles. The van der Waals surface area contributed by atoms with Gasteiger partial charge in [0.15, 0.2) is 5.58 Å². The molecule has 0 saturated heterocycles. The van der Waals surface area contributed by atoms with Crippen molar-refractivity contribution in [3.63, 3.8) is 0 Å². The summed E-state index contributed by atoms with van der Waals surface area (Å²) in [5, 5.41) is 4.72. The van der Waals surface area contributed by atoms with Gasteiger partial charge in [-0.3, -0.25) is 4.72 Å². The molecular formula is C17H17BrN2O5S. The van der Waals surface area contributed by atoms with Crippen molar-refractivity contribution in [1.29, 1.82) is 0 Å². The van der Waals surface area contributed by atoms with E-state index in [1.165, 1.54) is 20.3 Å². The standard InChI is InChI=1S/C17H17BrN2O5S/c1-4-12-11-8-13(16(24-3)9-15(11)25-19-12)20-26(21,22)17-7-10(18)5-6-14(17)23-2/h5-9,20H,4H2,1-3H3. The van der Waals surface area contributed by atoms with Crippen LogP contribution in [0, 0.1) is 0 Å². The smallest absolute Gasteiger partial charge is 0.265 e. The van der Waals surface area contributed by atoms with E-state index in [2.05, 4.69) is 25.8 Å². The molecule has 0 saturated carbocycles. The molecule has 3 aromatic rings. The van der Waals surface area contributed by atoms with Crippen molar-refractivity contribution in [3.8, 4) is 11.5 Å². The first-order chi connectivity index (χ1) is 12.4. The number of sulfonamides is 1. The number of ether oxygens (including phenoxy) is 2. The lowest BCUT2D eigenvalue weighted by molar-refractivity contribution is 0.402. The molecule has 1 N–H and O–H groups in total. The number of benzene rings is 2. The molecule has 0 aliphatic carbocycles. The van der Waals surface area contributed by atoms with Crippen molar-refractivity contribution in [2.45, 2.75) is 18.2 Å². The van der Waals surface area contributed by atoms with Crippen LogP contribution in [-0.4, -0.2) is 27.8 Å². The molecular weight excluding hydrogens is 424 g/mol. The van der Waals surface area contributed by atoms with Crippen LogP contribution < -0.4 is 14.2 Å². The summed E-state index contributed by atoms with van der Waals surface area (Å²) in [6.07, 6.45) is 0.658. The fraction of sp³-hybridized carbons (Fsp3) is 0.235. The van der Waals surface area contributed by atoms with E-state index in [0.29, 0.717) is 27.9 Å². The third-order valence-corrected chi connectivity index (χ3v) is 5.74. The number of hydrogen-bond acceptors (Lipinski definition) is 6. The zero-order valence-corrected chi connectivity index (χ0v) is 16.8. The van der Waals surface area contributed by atoms with E-state index < -0.39 is 10.0 Å². The highest BCUT2D eigenvalue weighted by molar-refractivity contribution is 9.10. The number of fused-ring (bicyclic) bond motifs is 1. The molecule has 0 spiro atoms. The molecule has 9 heteroatoms. The van der Waals surface area contributed by atoms with Crippen LogP contribution in [-0.2, 0) is 16.4 Å². The van der Waals surface area contributed by atoms with Crippen LogP contribution in [0.5, 0.6) is 11.5 Å². The number of nitrogens with zero attached hydrogens (tertiary/aromatic N) is 1. The van der Waals surface area contributed by atoms with Crippen LogP contribution in [0.2, 0.25) is 0 Å². The molecule has 0 bridgehead atoms. The number of hydrogen-bond donors (Lipinski definition) is 1. The number of anilines is 1. The van der Waals surface area contributed by atoms with Gasteiger partial charge in [-0.05, 0) is 30.7 Å². The highest BCUT2D eigenvalue weighted by Gasteiger charge is 2.23. The number of aromatic nitrogens is 1. The molecule has 0 radical (unpaired) electrons. The predicted molar refractivity (Wildman–Crippen MR) is 101 cm³/mol. The van der Waals surface area contributed by atoms with Gasteiger partial charge in [-0.2, -0.15) is 0 Å². The zero-order chi connectivity index (χ0) is 18.9. The van der Waals surface area contributed by atoms with Gasteiger partial charge in [0.1, 0.15) is 16.4 Å². The van der Waals surface area contributed by atoms with Gasteiger partial charge in [0.05, 0.1) is 25.6 Å². The van der Waals surface area contributed by atoms with Crippen LogP contribution in [0.4, 0.5) is 5.69 Å². The highest BCUT2D eigenvalue weighted by atomic mass is 79.9.